The van der Waals surface area contributed by atoms with Crippen LogP contribution < -0.4 is 5.32 Å². The summed E-state index contributed by atoms with van der Waals surface area (Å²) >= 11 is 0. The molecule has 1 saturated carbocycles. The van der Waals surface area contributed by atoms with E-state index in [-0.39, 0.29) is 0 Å². The number of hydrogen-bond donors (Lipinski definition) is 1. The van der Waals surface area contributed by atoms with Gasteiger partial charge in [-0.25, -0.2) is 0 Å². The van der Waals surface area contributed by atoms with Crippen LogP contribution in [0.15, 0.2) is 18.5 Å². The Morgan fingerprint density at radius 2 is 2.21 bits per heavy atom. The highest BCUT2D eigenvalue weighted by Crippen LogP contribution is 2.47. The van der Waals surface area contributed by atoms with E-state index in [0.29, 0.717) is 17.4 Å². The number of aryl methyl sites for hydroxylation is 1. The van der Waals surface area contributed by atoms with Gasteiger partial charge in [0.1, 0.15) is 0 Å². The van der Waals surface area contributed by atoms with Gasteiger partial charge in [-0.1, -0.05) is 33.6 Å². The summed E-state index contributed by atoms with van der Waals surface area (Å²) in [5.74, 6) is 0.712. The lowest BCUT2D eigenvalue weighted by Gasteiger charge is -2.44. The first-order valence-electron chi connectivity index (χ1n) is 7.70. The zero-order chi connectivity index (χ0) is 13.9. The van der Waals surface area contributed by atoms with Gasteiger partial charge in [-0.2, -0.15) is 0 Å². The van der Waals surface area contributed by atoms with Crippen LogP contribution in [0.5, 0.6) is 0 Å². The number of hydrogen-bond acceptors (Lipinski definition) is 2. The summed E-state index contributed by atoms with van der Waals surface area (Å²) in [6.45, 7) is 10.3. The maximum atomic E-state index is 4.35. The number of aromatic nitrogens is 1. The fourth-order valence-electron chi connectivity index (χ4n) is 3.63. The van der Waals surface area contributed by atoms with Gasteiger partial charge in [0.05, 0.1) is 0 Å². The van der Waals surface area contributed by atoms with E-state index in [2.05, 4.69) is 50.3 Å². The monoisotopic (exact) mass is 260 g/mol. The molecule has 1 aromatic rings. The van der Waals surface area contributed by atoms with E-state index in [4.69, 9.17) is 0 Å². The molecule has 1 aliphatic carbocycles. The smallest absolute Gasteiger partial charge is 0.0371 e. The van der Waals surface area contributed by atoms with Crippen molar-refractivity contribution in [2.75, 3.05) is 6.54 Å². The molecule has 1 fully saturated rings. The number of rotatable bonds is 4. The summed E-state index contributed by atoms with van der Waals surface area (Å²) in [6, 6.07) is 2.59. The molecule has 1 aliphatic rings. The SMILES string of the molecule is CCNC(c1cnccc1C)C1CCCCC1(C)C. The van der Waals surface area contributed by atoms with Crippen molar-refractivity contribution in [3.05, 3.63) is 29.6 Å². The van der Waals surface area contributed by atoms with Gasteiger partial charge in [-0.05, 0) is 54.8 Å². The zero-order valence-electron chi connectivity index (χ0n) is 12.9. The number of nitrogens with one attached hydrogen (secondary N) is 1. The molecule has 106 valence electrons. The van der Waals surface area contributed by atoms with Crippen molar-refractivity contribution in [3.63, 3.8) is 0 Å². The summed E-state index contributed by atoms with van der Waals surface area (Å²) < 4.78 is 0. The molecule has 0 bridgehead atoms. The minimum Gasteiger partial charge on any atom is -0.310 e. The van der Waals surface area contributed by atoms with Crippen LogP contribution in [-0.2, 0) is 0 Å². The topological polar surface area (TPSA) is 24.9 Å². The largest absolute Gasteiger partial charge is 0.310 e. The molecule has 2 atom stereocenters. The van der Waals surface area contributed by atoms with Crippen LogP contribution in [0.1, 0.15) is 63.6 Å². The molecule has 0 aromatic carbocycles. The number of nitrogens with zero attached hydrogens (tertiary/aromatic N) is 1. The van der Waals surface area contributed by atoms with Crippen molar-refractivity contribution < 1.29 is 0 Å². The van der Waals surface area contributed by atoms with Gasteiger partial charge < -0.3 is 5.32 Å². The predicted octanol–water partition coefficient (Wildman–Crippen LogP) is 4.26. The molecule has 0 amide bonds. The first kappa shape index (κ1) is 14.5. The molecule has 0 spiro atoms. The highest BCUT2D eigenvalue weighted by Gasteiger charge is 2.38. The summed E-state index contributed by atoms with van der Waals surface area (Å²) in [5.41, 5.74) is 3.18. The fourth-order valence-corrected chi connectivity index (χ4v) is 3.63. The van der Waals surface area contributed by atoms with Gasteiger partial charge in [-0.15, -0.1) is 0 Å². The molecule has 0 aliphatic heterocycles. The van der Waals surface area contributed by atoms with Gasteiger partial charge >= 0.3 is 0 Å². The highest BCUT2D eigenvalue weighted by atomic mass is 14.9. The van der Waals surface area contributed by atoms with E-state index in [1.54, 1.807) is 0 Å². The maximum absolute atomic E-state index is 4.35. The molecule has 2 unspecified atom stereocenters. The van der Waals surface area contributed by atoms with E-state index in [0.717, 1.165) is 6.54 Å². The van der Waals surface area contributed by atoms with Crippen molar-refractivity contribution in [2.24, 2.45) is 11.3 Å². The third kappa shape index (κ3) is 3.17. The predicted molar refractivity (Wildman–Crippen MR) is 81.1 cm³/mol. The van der Waals surface area contributed by atoms with Crippen LogP contribution in [-0.4, -0.2) is 11.5 Å². The maximum Gasteiger partial charge on any atom is 0.0371 e. The molecule has 1 N–H and O–H groups in total. The normalized spacial score (nSPS) is 24.1. The Hall–Kier alpha value is -0.890. The summed E-state index contributed by atoms with van der Waals surface area (Å²) in [6.07, 6.45) is 9.39. The van der Waals surface area contributed by atoms with Crippen LogP contribution in [0.2, 0.25) is 0 Å². The van der Waals surface area contributed by atoms with Crippen molar-refractivity contribution in [1.29, 1.82) is 0 Å². The second-order valence-corrected chi connectivity index (χ2v) is 6.61. The lowest BCUT2D eigenvalue weighted by molar-refractivity contribution is 0.0985. The molecule has 2 nitrogen and oxygen atoms in total. The summed E-state index contributed by atoms with van der Waals surface area (Å²) in [5, 5.41) is 3.73. The molecule has 1 aromatic heterocycles. The third-order valence-corrected chi connectivity index (χ3v) is 4.83. The van der Waals surface area contributed by atoms with E-state index in [1.807, 2.05) is 6.20 Å². The average molecular weight is 260 g/mol. The molecule has 2 rings (SSSR count). The van der Waals surface area contributed by atoms with Gasteiger partial charge in [0.25, 0.3) is 0 Å². The lowest BCUT2D eigenvalue weighted by atomic mass is 9.64. The molecule has 0 radical (unpaired) electrons. The lowest BCUT2D eigenvalue weighted by Crippen LogP contribution is -2.39. The Kier molecular flexibility index (Phi) is 4.62. The zero-order valence-corrected chi connectivity index (χ0v) is 12.9. The van der Waals surface area contributed by atoms with Gasteiger partial charge in [0.2, 0.25) is 0 Å². The fraction of sp³-hybridized carbons (Fsp3) is 0.706. The molecule has 19 heavy (non-hydrogen) atoms. The molecule has 1 heterocycles. The van der Waals surface area contributed by atoms with E-state index >= 15 is 0 Å². The molecule has 2 heteroatoms. The Labute approximate surface area is 118 Å². The first-order chi connectivity index (χ1) is 9.06. The van der Waals surface area contributed by atoms with Gasteiger partial charge in [-0.3, -0.25) is 4.98 Å². The van der Waals surface area contributed by atoms with Crippen LogP contribution in [0, 0.1) is 18.3 Å². The van der Waals surface area contributed by atoms with E-state index in [9.17, 15) is 0 Å². The molecular formula is C17H28N2. The first-order valence-corrected chi connectivity index (χ1v) is 7.70. The highest BCUT2D eigenvalue weighted by molar-refractivity contribution is 5.26. The molecule has 0 saturated heterocycles. The van der Waals surface area contributed by atoms with Crippen molar-refractivity contribution in [2.45, 2.75) is 59.4 Å². The van der Waals surface area contributed by atoms with Crippen molar-refractivity contribution in [1.82, 2.24) is 10.3 Å². The number of pyridine rings is 1. The molecular weight excluding hydrogens is 232 g/mol. The second-order valence-electron chi connectivity index (χ2n) is 6.61. The van der Waals surface area contributed by atoms with Crippen LogP contribution in [0.4, 0.5) is 0 Å². The second kappa shape index (κ2) is 6.04. The van der Waals surface area contributed by atoms with Crippen LogP contribution >= 0.6 is 0 Å². The Bertz CT molecular complexity index is 411. The van der Waals surface area contributed by atoms with Crippen molar-refractivity contribution in [3.8, 4) is 0 Å². The summed E-state index contributed by atoms with van der Waals surface area (Å²) in [4.78, 5) is 4.35. The minimum atomic E-state index is 0.424. The Morgan fingerprint density at radius 3 is 2.84 bits per heavy atom. The van der Waals surface area contributed by atoms with E-state index in [1.165, 1.54) is 36.8 Å². The van der Waals surface area contributed by atoms with Crippen LogP contribution in [0.25, 0.3) is 0 Å². The van der Waals surface area contributed by atoms with Gasteiger partial charge in [0.15, 0.2) is 0 Å². The Balaban J connectivity index is 2.32. The minimum absolute atomic E-state index is 0.424. The summed E-state index contributed by atoms with van der Waals surface area (Å²) in [7, 11) is 0. The van der Waals surface area contributed by atoms with Crippen LogP contribution in [0.3, 0.4) is 0 Å². The Morgan fingerprint density at radius 1 is 1.42 bits per heavy atom. The van der Waals surface area contributed by atoms with Gasteiger partial charge in [0, 0.05) is 18.4 Å². The van der Waals surface area contributed by atoms with Crippen molar-refractivity contribution >= 4 is 0 Å². The van der Waals surface area contributed by atoms with E-state index < -0.39 is 0 Å². The third-order valence-electron chi connectivity index (χ3n) is 4.83. The average Bonchev–Trinajstić information content (AvgIpc) is 2.37. The quantitative estimate of drug-likeness (QED) is 0.875. The standard InChI is InChI=1S/C17H28N2/c1-5-19-16(14-12-18-11-9-13(14)2)15-8-6-7-10-17(15,3)4/h9,11-12,15-16,19H,5-8,10H2,1-4H3.